The number of thiazole rings is 1. The highest BCUT2D eigenvalue weighted by atomic mass is 32.2. The van der Waals surface area contributed by atoms with Crippen molar-refractivity contribution in [3.8, 4) is 22.2 Å². The Morgan fingerprint density at radius 3 is 2.55 bits per heavy atom. The van der Waals surface area contributed by atoms with Crippen LogP contribution < -0.4 is 24.8 Å². The first-order valence-electron chi connectivity index (χ1n) is 21.5. The summed E-state index contributed by atoms with van der Waals surface area (Å²) in [4.78, 5) is 70.0. The van der Waals surface area contributed by atoms with Crippen LogP contribution in [0.2, 0.25) is 0 Å². The zero-order chi connectivity index (χ0) is 41.8. The van der Waals surface area contributed by atoms with E-state index in [1.54, 1.807) is 12.0 Å². The lowest BCUT2D eigenvalue weighted by Gasteiger charge is -2.30. The predicted molar refractivity (Wildman–Crippen MR) is 225 cm³/mol. The number of aromatic nitrogens is 2. The number of methoxy groups -OCH3 is 1. The molecule has 3 N–H and O–H groups in total. The quantitative estimate of drug-likeness (QED) is 0.245. The molecule has 0 radical (unpaired) electrons. The van der Waals surface area contributed by atoms with E-state index >= 15 is 0 Å². The minimum absolute atomic E-state index is 0.0307. The van der Waals surface area contributed by atoms with E-state index in [0.29, 0.717) is 67.4 Å². The monoisotopic (exact) mass is 859 g/mol. The number of fused-ring (bicyclic) bond motifs is 3. The molecule has 0 bridgehead atoms. The summed E-state index contributed by atoms with van der Waals surface area (Å²) in [5, 5.41) is 8.91. The van der Waals surface area contributed by atoms with Gasteiger partial charge in [0.05, 0.1) is 30.1 Å². The van der Waals surface area contributed by atoms with E-state index < -0.39 is 62.6 Å². The molecule has 320 valence electrons. The second-order valence-corrected chi connectivity index (χ2v) is 20.2. The molecule has 2 saturated heterocycles. The van der Waals surface area contributed by atoms with Gasteiger partial charge >= 0.3 is 6.03 Å². The summed E-state index contributed by atoms with van der Waals surface area (Å²) in [7, 11) is -2.28. The van der Waals surface area contributed by atoms with Crippen LogP contribution in [0.15, 0.2) is 35.7 Å². The Labute approximate surface area is 354 Å². The lowest BCUT2D eigenvalue weighted by Crippen LogP contribution is -2.58. The van der Waals surface area contributed by atoms with Gasteiger partial charge in [-0.15, -0.1) is 11.3 Å². The van der Waals surface area contributed by atoms with Gasteiger partial charge in [0.1, 0.15) is 45.9 Å². The van der Waals surface area contributed by atoms with E-state index in [-0.39, 0.29) is 25.4 Å². The number of ether oxygens (including phenoxy) is 2. The Hall–Kier alpha value is -4.77. The number of nitrogens with one attached hydrogen (secondary N) is 3. The number of aryl methyl sites for hydroxylation is 1. The van der Waals surface area contributed by atoms with Gasteiger partial charge < -0.3 is 29.9 Å². The van der Waals surface area contributed by atoms with Crippen LogP contribution in [0.4, 0.5) is 4.79 Å². The fourth-order valence-corrected chi connectivity index (χ4v) is 11.2. The van der Waals surface area contributed by atoms with Crippen LogP contribution in [0, 0.1) is 12.8 Å². The van der Waals surface area contributed by atoms with Crippen molar-refractivity contribution >= 4 is 56.0 Å². The van der Waals surface area contributed by atoms with E-state index in [4.69, 9.17) is 19.4 Å². The van der Waals surface area contributed by atoms with Crippen LogP contribution in [0.3, 0.4) is 0 Å². The fraction of sp³-hybridized carbons (Fsp3) is 0.581. The Morgan fingerprint density at radius 2 is 1.80 bits per heavy atom. The number of carbonyl (C=O) groups excluding carboxylic acids is 4. The third kappa shape index (κ3) is 8.18. The largest absolute Gasteiger partial charge is 0.496 e. The van der Waals surface area contributed by atoms with Gasteiger partial charge in [-0.05, 0) is 83.3 Å². The minimum Gasteiger partial charge on any atom is -0.496 e. The Morgan fingerprint density at radius 1 is 1.00 bits per heavy atom. The minimum atomic E-state index is -3.90. The van der Waals surface area contributed by atoms with Gasteiger partial charge in [0.15, 0.2) is 0 Å². The lowest BCUT2D eigenvalue weighted by atomic mass is 10.0. The zero-order valence-corrected chi connectivity index (χ0v) is 35.7. The van der Waals surface area contributed by atoms with E-state index in [0.717, 1.165) is 66.6 Å². The van der Waals surface area contributed by atoms with Crippen molar-refractivity contribution in [2.45, 2.75) is 125 Å². The normalized spacial score (nSPS) is 27.9. The fourth-order valence-electron chi connectivity index (χ4n) is 8.97. The smallest absolute Gasteiger partial charge is 0.318 e. The maximum atomic E-state index is 14.8. The summed E-state index contributed by atoms with van der Waals surface area (Å²) in [5.74, 6) is -0.520. The number of allylic oxidation sites excluding steroid dienone is 1. The molecule has 5 atom stereocenters. The number of nitrogens with zero attached hydrogens (tertiary/aromatic N) is 4. The summed E-state index contributed by atoms with van der Waals surface area (Å²) in [6.07, 6.45) is 11.9. The number of likely N-dealkylation sites (tertiary alicyclic amines) is 1. The molecule has 5 fully saturated rings. The zero-order valence-electron chi connectivity index (χ0n) is 34.1. The van der Waals surface area contributed by atoms with Gasteiger partial charge in [-0.25, -0.2) is 23.2 Å². The number of pyridine rings is 1. The number of hydrogen-bond donors (Lipinski definition) is 3. The lowest BCUT2D eigenvalue weighted by molar-refractivity contribution is -0.141. The van der Waals surface area contributed by atoms with E-state index in [1.807, 2.05) is 37.3 Å². The van der Waals surface area contributed by atoms with E-state index in [9.17, 15) is 27.6 Å². The number of urea groups is 1. The average Bonchev–Trinajstić information content (AvgIpc) is 4.20. The molecule has 1 aromatic carbocycles. The van der Waals surface area contributed by atoms with Crippen molar-refractivity contribution in [2.75, 3.05) is 26.7 Å². The van der Waals surface area contributed by atoms with Crippen LogP contribution in [-0.2, 0) is 24.4 Å². The van der Waals surface area contributed by atoms with Crippen molar-refractivity contribution in [1.29, 1.82) is 0 Å². The molecule has 3 aromatic rings. The molecule has 0 unspecified atom stereocenters. The summed E-state index contributed by atoms with van der Waals surface area (Å²) < 4.78 is 40.7. The van der Waals surface area contributed by atoms with Gasteiger partial charge in [-0.3, -0.25) is 19.1 Å². The highest BCUT2D eigenvalue weighted by Crippen LogP contribution is 2.47. The Kier molecular flexibility index (Phi) is 11.0. The third-order valence-electron chi connectivity index (χ3n) is 12.9. The number of hydrogen-bond acceptors (Lipinski definition) is 11. The van der Waals surface area contributed by atoms with E-state index in [2.05, 4.69) is 20.7 Å². The number of amides is 5. The first kappa shape index (κ1) is 40.6. The number of sulfonamides is 1. The summed E-state index contributed by atoms with van der Waals surface area (Å²) in [6, 6.07) is 3.33. The molecule has 5 heterocycles. The van der Waals surface area contributed by atoms with Crippen LogP contribution in [0.1, 0.15) is 101 Å². The summed E-state index contributed by atoms with van der Waals surface area (Å²) in [6.45, 7) is 3.19. The van der Waals surface area contributed by atoms with Gasteiger partial charge in [0.2, 0.25) is 21.8 Å². The van der Waals surface area contributed by atoms with Gasteiger partial charge in [0, 0.05) is 53.7 Å². The van der Waals surface area contributed by atoms with Gasteiger partial charge in [-0.2, -0.15) is 0 Å². The molecule has 3 saturated carbocycles. The molecule has 60 heavy (non-hydrogen) atoms. The van der Waals surface area contributed by atoms with Crippen molar-refractivity contribution in [3.63, 3.8) is 0 Å². The predicted octanol–water partition coefficient (Wildman–Crippen LogP) is 5.08. The van der Waals surface area contributed by atoms with Gasteiger partial charge in [0.25, 0.3) is 5.91 Å². The molecule has 2 aromatic heterocycles. The molecular formula is C43H53N7O8S2. The molecule has 15 nitrogen and oxygen atoms in total. The summed E-state index contributed by atoms with van der Waals surface area (Å²) in [5.41, 5.74) is 1.71. The van der Waals surface area contributed by atoms with Crippen LogP contribution in [-0.4, -0.2) is 108 Å². The number of benzene rings is 1. The van der Waals surface area contributed by atoms with Crippen molar-refractivity contribution in [2.24, 2.45) is 5.92 Å². The Bertz CT molecular complexity index is 2340. The van der Waals surface area contributed by atoms with Crippen molar-refractivity contribution in [1.82, 2.24) is 35.1 Å². The average molecular weight is 860 g/mol. The first-order chi connectivity index (χ1) is 28.9. The molecular weight excluding hydrogens is 807 g/mol. The molecule has 3 aliphatic heterocycles. The second-order valence-electron chi connectivity index (χ2n) is 17.3. The molecule has 9 rings (SSSR count). The van der Waals surface area contributed by atoms with Gasteiger partial charge in [-0.1, -0.05) is 25.0 Å². The molecule has 17 heteroatoms. The van der Waals surface area contributed by atoms with E-state index in [1.165, 1.54) is 16.2 Å². The first-order valence-corrected chi connectivity index (χ1v) is 23.9. The molecule has 5 amide bonds. The maximum absolute atomic E-state index is 14.8. The third-order valence-corrected chi connectivity index (χ3v) is 15.6. The number of rotatable bonds is 9. The maximum Gasteiger partial charge on any atom is 0.318 e. The Balaban J connectivity index is 1.05. The highest BCUT2D eigenvalue weighted by molar-refractivity contribution is 7.91. The van der Waals surface area contributed by atoms with Crippen LogP contribution in [0.5, 0.6) is 11.5 Å². The SMILES string of the molecule is COc1ccc2c(O[C@@H]3C[C@H]4C(=O)N[C@]5(C(=O)NS(=O)(=O)C6CC6)C[C@H]5/C=C\CCCCC[C@H](NC(=O)N5CCCC5)C(=O)N4C3)cc(-c3nc(C4CC4)cs3)nc2c1C. The topological polar surface area (TPSA) is 189 Å². The summed E-state index contributed by atoms with van der Waals surface area (Å²) >= 11 is 1.53. The van der Waals surface area contributed by atoms with Crippen molar-refractivity contribution < 1.29 is 37.1 Å². The molecule has 0 spiro atoms. The van der Waals surface area contributed by atoms with Crippen LogP contribution in [0.25, 0.3) is 21.6 Å². The van der Waals surface area contributed by atoms with Crippen LogP contribution >= 0.6 is 11.3 Å². The van der Waals surface area contributed by atoms with Crippen molar-refractivity contribution in [3.05, 3.63) is 47.0 Å². The molecule has 6 aliphatic rings. The highest BCUT2D eigenvalue weighted by Gasteiger charge is 2.62. The number of carbonyl (C=O) groups is 4. The second kappa shape index (κ2) is 16.3. The molecule has 3 aliphatic carbocycles. The standard InChI is InChI=1S/C43H53N7O8S2/c1-25-35(57-2)17-16-30-36(21-32(44-37(25)30)39-45-33(24-59-39)26-12-13-26)58-28-20-34-38(51)47-43(41(53)48-60(55,56)29-14-15-29)22-27(43)10-6-4-3-5-7-11-31(40(52)50(34)23-28)46-42(54)49-18-8-9-19-49/h6,10,16-17,21,24,26-29,31,34H,3-5,7-9,11-15,18-20,22-23H2,1-2H3,(H,46,54)(H,47,51)(H,48,53)/b10-6-/t27-,28-,31+,34+,43-/m1/s1.